The Morgan fingerprint density at radius 2 is 1.87 bits per heavy atom. The van der Waals surface area contributed by atoms with E-state index in [1.54, 1.807) is 17.9 Å². The van der Waals surface area contributed by atoms with Gasteiger partial charge in [-0.3, -0.25) is 19.8 Å². The lowest BCUT2D eigenvalue weighted by molar-refractivity contribution is 0.101. The molecule has 6 rings (SSSR count). The normalized spacial score (nSPS) is 19.5. The molecule has 4 aromatic rings. The van der Waals surface area contributed by atoms with E-state index in [-0.39, 0.29) is 23.4 Å². The number of aryl methyl sites for hydroxylation is 1. The summed E-state index contributed by atoms with van der Waals surface area (Å²) in [5.74, 6) is -0.904. The first-order chi connectivity index (χ1) is 21.7. The number of rotatable bonds is 9. The number of hydrogen-bond donors (Lipinski definition) is 3. The number of amides is 1. The standard InChI is InChI=1S/C33H44FN9O2/c1-21-27(20-37-41(21)4)31-30(34)26(11-14-36-31)32(45)39-33-38-28-10-7-24(19-29(28)43(33)23-5-8-25(44)9-6-23)42-16-12-22(13-17-42)35-15-18-40(2)3/h7,10-11,14,19-20,22-23,25,35,44H,5-6,8-9,12-13,15-18H2,1-4H3,(H,38,39,45)/t23-,25+. The molecular weight excluding hydrogens is 573 g/mol. The molecule has 0 radical (unpaired) electrons. The fourth-order valence-electron chi connectivity index (χ4n) is 6.59. The Morgan fingerprint density at radius 3 is 2.56 bits per heavy atom. The molecule has 0 bridgehead atoms. The summed E-state index contributed by atoms with van der Waals surface area (Å²) in [5.41, 5.74) is 4.09. The number of halogens is 1. The van der Waals surface area contributed by atoms with Crippen LogP contribution in [0.1, 0.15) is 60.6 Å². The quantitative estimate of drug-likeness (QED) is 0.257. The van der Waals surface area contributed by atoms with Crippen molar-refractivity contribution in [2.24, 2.45) is 7.05 Å². The zero-order chi connectivity index (χ0) is 31.7. The van der Waals surface area contributed by atoms with Crippen LogP contribution in [0.2, 0.25) is 0 Å². The number of hydrogen-bond acceptors (Lipinski definition) is 8. The minimum absolute atomic E-state index is 0.0477. The fourth-order valence-corrected chi connectivity index (χ4v) is 6.59. The molecule has 11 nitrogen and oxygen atoms in total. The maximum atomic E-state index is 15.8. The van der Waals surface area contributed by atoms with Gasteiger partial charge in [-0.25, -0.2) is 9.37 Å². The zero-order valence-corrected chi connectivity index (χ0v) is 26.6. The minimum atomic E-state index is -0.698. The molecule has 1 saturated carbocycles. The van der Waals surface area contributed by atoms with Crippen molar-refractivity contribution in [1.29, 1.82) is 0 Å². The van der Waals surface area contributed by atoms with Gasteiger partial charge in [0, 0.05) is 68.5 Å². The van der Waals surface area contributed by atoms with Crippen LogP contribution in [-0.2, 0) is 7.05 Å². The van der Waals surface area contributed by atoms with E-state index in [2.05, 4.69) is 61.3 Å². The highest BCUT2D eigenvalue weighted by atomic mass is 19.1. The third-order valence-corrected chi connectivity index (χ3v) is 9.41. The van der Waals surface area contributed by atoms with Crippen molar-refractivity contribution < 1.29 is 14.3 Å². The van der Waals surface area contributed by atoms with Crippen molar-refractivity contribution in [3.05, 3.63) is 53.7 Å². The summed E-state index contributed by atoms with van der Waals surface area (Å²) in [6.07, 6.45) is 7.71. The Kier molecular flexibility index (Phi) is 9.16. The highest BCUT2D eigenvalue weighted by Gasteiger charge is 2.28. The van der Waals surface area contributed by atoms with E-state index in [1.165, 1.54) is 12.3 Å². The van der Waals surface area contributed by atoms with Crippen molar-refractivity contribution >= 4 is 28.6 Å². The first kappa shape index (κ1) is 31.1. The number of fused-ring (bicyclic) bond motifs is 1. The highest BCUT2D eigenvalue weighted by Crippen LogP contribution is 2.36. The summed E-state index contributed by atoms with van der Waals surface area (Å²) >= 11 is 0. The maximum Gasteiger partial charge on any atom is 0.261 e. The van der Waals surface area contributed by atoms with Crippen LogP contribution in [0.5, 0.6) is 0 Å². The third-order valence-electron chi connectivity index (χ3n) is 9.41. The molecule has 1 aromatic carbocycles. The molecule has 0 atom stereocenters. The van der Waals surface area contributed by atoms with E-state index in [9.17, 15) is 9.90 Å². The van der Waals surface area contributed by atoms with E-state index < -0.39 is 11.7 Å². The summed E-state index contributed by atoms with van der Waals surface area (Å²) in [4.78, 5) is 27.3. The van der Waals surface area contributed by atoms with Crippen LogP contribution >= 0.6 is 0 Å². The molecule has 1 amide bonds. The summed E-state index contributed by atoms with van der Waals surface area (Å²) in [5, 5.41) is 21.0. The Labute approximate surface area is 263 Å². The van der Waals surface area contributed by atoms with Crippen molar-refractivity contribution in [1.82, 2.24) is 34.5 Å². The monoisotopic (exact) mass is 617 g/mol. The number of carbonyl (C=O) groups excluding carboxylic acids is 1. The molecule has 2 aliphatic rings. The first-order valence-electron chi connectivity index (χ1n) is 16.0. The van der Waals surface area contributed by atoms with Crippen molar-refractivity contribution in [2.75, 3.05) is 50.5 Å². The molecule has 240 valence electrons. The van der Waals surface area contributed by atoms with Gasteiger partial charge in [-0.05, 0) is 83.8 Å². The predicted octanol–water partition coefficient (Wildman–Crippen LogP) is 4.13. The van der Waals surface area contributed by atoms with Gasteiger partial charge in [-0.1, -0.05) is 0 Å². The number of nitrogens with one attached hydrogen (secondary N) is 2. The largest absolute Gasteiger partial charge is 0.393 e. The minimum Gasteiger partial charge on any atom is -0.393 e. The van der Waals surface area contributed by atoms with Crippen molar-refractivity contribution in [3.8, 4) is 11.3 Å². The number of anilines is 2. The van der Waals surface area contributed by atoms with E-state index in [0.717, 1.165) is 74.3 Å². The number of nitrogens with zero attached hydrogens (tertiary/aromatic N) is 7. The first-order valence-corrected chi connectivity index (χ1v) is 16.0. The van der Waals surface area contributed by atoms with Crippen LogP contribution in [0, 0.1) is 12.7 Å². The van der Waals surface area contributed by atoms with Crippen LogP contribution in [-0.4, -0.2) is 92.6 Å². The van der Waals surface area contributed by atoms with Crippen molar-refractivity contribution in [3.63, 3.8) is 0 Å². The molecule has 45 heavy (non-hydrogen) atoms. The van der Waals surface area contributed by atoms with E-state index in [4.69, 9.17) is 4.98 Å². The van der Waals surface area contributed by atoms with Gasteiger partial charge in [0.15, 0.2) is 5.82 Å². The molecule has 2 fully saturated rings. The number of likely N-dealkylation sites (N-methyl/N-ethyl adjacent to an activating group) is 1. The second kappa shape index (κ2) is 13.2. The SMILES string of the molecule is Cc1c(-c2nccc(C(=O)Nc3nc4ccc(N5CCC(NCCN(C)C)CC5)cc4n3[C@H]3CC[C@@H](O)CC3)c2F)cnn1C. The summed E-state index contributed by atoms with van der Waals surface area (Å²) < 4.78 is 19.5. The average Bonchev–Trinajstić information content (AvgIpc) is 3.55. The lowest BCUT2D eigenvalue weighted by Gasteiger charge is -2.34. The average molecular weight is 618 g/mol. The van der Waals surface area contributed by atoms with E-state index in [0.29, 0.717) is 30.4 Å². The van der Waals surface area contributed by atoms with Gasteiger partial charge in [-0.15, -0.1) is 0 Å². The number of benzene rings is 1. The zero-order valence-electron chi connectivity index (χ0n) is 26.6. The Bertz CT molecular complexity index is 1650. The molecule has 3 aromatic heterocycles. The Hall–Kier alpha value is -3.87. The second-order valence-electron chi connectivity index (χ2n) is 12.7. The van der Waals surface area contributed by atoms with Crippen LogP contribution in [0.15, 0.2) is 36.7 Å². The van der Waals surface area contributed by atoms with Crippen LogP contribution in [0.4, 0.5) is 16.0 Å². The third kappa shape index (κ3) is 6.58. The molecule has 0 unspecified atom stereocenters. The van der Waals surface area contributed by atoms with Gasteiger partial charge in [0.1, 0.15) is 5.69 Å². The number of aromatic nitrogens is 5. The molecular formula is C33H44FN9O2. The van der Waals surface area contributed by atoms with Gasteiger partial charge in [0.25, 0.3) is 5.91 Å². The molecule has 1 saturated heterocycles. The molecule has 3 N–H and O–H groups in total. The molecule has 1 aliphatic heterocycles. The van der Waals surface area contributed by atoms with Crippen LogP contribution in [0.25, 0.3) is 22.3 Å². The van der Waals surface area contributed by atoms with Gasteiger partial charge in [0.05, 0.1) is 28.9 Å². The second-order valence-corrected chi connectivity index (χ2v) is 12.7. The van der Waals surface area contributed by atoms with Crippen LogP contribution < -0.4 is 15.5 Å². The van der Waals surface area contributed by atoms with Gasteiger partial charge in [0.2, 0.25) is 5.95 Å². The fraction of sp³-hybridized carbons (Fsp3) is 0.515. The lowest BCUT2D eigenvalue weighted by atomic mass is 9.93. The van der Waals surface area contributed by atoms with Gasteiger partial charge >= 0.3 is 0 Å². The van der Waals surface area contributed by atoms with Gasteiger partial charge in [-0.2, -0.15) is 5.10 Å². The molecule has 4 heterocycles. The lowest BCUT2D eigenvalue weighted by Crippen LogP contribution is -2.44. The summed E-state index contributed by atoms with van der Waals surface area (Å²) in [6.45, 7) is 5.76. The van der Waals surface area contributed by atoms with E-state index in [1.807, 2.05) is 13.0 Å². The number of aliphatic hydroxyl groups excluding tert-OH is 1. The molecule has 1 aliphatic carbocycles. The topological polar surface area (TPSA) is 116 Å². The predicted molar refractivity (Wildman–Crippen MR) is 174 cm³/mol. The Morgan fingerprint density at radius 1 is 1.11 bits per heavy atom. The number of piperidine rings is 1. The number of aliphatic hydroxyl groups is 1. The smallest absolute Gasteiger partial charge is 0.261 e. The van der Waals surface area contributed by atoms with Crippen LogP contribution in [0.3, 0.4) is 0 Å². The molecule has 0 spiro atoms. The number of imidazole rings is 1. The Balaban J connectivity index is 1.27. The van der Waals surface area contributed by atoms with Gasteiger partial charge < -0.3 is 24.8 Å². The van der Waals surface area contributed by atoms with E-state index >= 15 is 4.39 Å². The molecule has 12 heteroatoms. The summed E-state index contributed by atoms with van der Waals surface area (Å²) in [6, 6.07) is 8.22. The highest BCUT2D eigenvalue weighted by molar-refractivity contribution is 6.05. The maximum absolute atomic E-state index is 15.8. The summed E-state index contributed by atoms with van der Waals surface area (Å²) in [7, 11) is 5.96. The number of pyridine rings is 1. The van der Waals surface area contributed by atoms with Crippen molar-refractivity contribution in [2.45, 2.75) is 63.6 Å². The number of carbonyl (C=O) groups is 1.